The highest BCUT2D eigenvalue weighted by Crippen LogP contribution is 2.38. The second kappa shape index (κ2) is 6.81. The van der Waals surface area contributed by atoms with Gasteiger partial charge in [-0.25, -0.2) is 4.98 Å². The van der Waals surface area contributed by atoms with Crippen molar-refractivity contribution >= 4 is 45.9 Å². The monoisotopic (exact) mass is 393 g/mol. The van der Waals surface area contributed by atoms with Crippen molar-refractivity contribution in [2.45, 2.75) is 19.4 Å². The lowest BCUT2D eigenvalue weighted by atomic mass is 10.2. The van der Waals surface area contributed by atoms with Gasteiger partial charge in [0, 0.05) is 24.4 Å². The lowest BCUT2D eigenvalue weighted by molar-refractivity contribution is 0.395. The molecule has 1 aromatic carbocycles. The van der Waals surface area contributed by atoms with Gasteiger partial charge in [-0.15, -0.1) is 0 Å². The first-order chi connectivity index (χ1) is 12.6. The topological polar surface area (TPSA) is 74.1 Å². The van der Waals surface area contributed by atoms with Crippen LogP contribution in [0.4, 0.5) is 11.5 Å². The van der Waals surface area contributed by atoms with Crippen molar-refractivity contribution in [3.8, 4) is 11.5 Å². The fraction of sp³-hybridized carbons (Fsp3) is 0.353. The Morgan fingerprint density at radius 3 is 2.46 bits per heavy atom. The summed E-state index contributed by atoms with van der Waals surface area (Å²) in [4.78, 5) is 13.1. The van der Waals surface area contributed by atoms with Crippen LogP contribution in [0.25, 0.3) is 11.2 Å². The second-order valence-electron chi connectivity index (χ2n) is 6.17. The van der Waals surface area contributed by atoms with Gasteiger partial charge in [0.2, 0.25) is 5.28 Å². The molecule has 1 fully saturated rings. The van der Waals surface area contributed by atoms with Gasteiger partial charge in [-0.3, -0.25) is 0 Å². The smallest absolute Gasteiger partial charge is 0.226 e. The molecule has 4 rings (SSSR count). The molecule has 0 aliphatic heterocycles. The third-order valence-electron chi connectivity index (χ3n) is 4.30. The molecular weight excluding hydrogens is 377 g/mol. The molecule has 3 aromatic rings. The van der Waals surface area contributed by atoms with Crippen LogP contribution in [-0.4, -0.2) is 33.7 Å². The molecule has 2 aromatic heterocycles. The Hall–Kier alpha value is -2.25. The second-order valence-corrected chi connectivity index (χ2v) is 6.89. The molecule has 0 atom stereocenters. The highest BCUT2D eigenvalue weighted by Gasteiger charge is 2.23. The van der Waals surface area contributed by atoms with E-state index >= 15 is 0 Å². The number of nitrogens with zero attached hydrogens (tertiary/aromatic N) is 4. The summed E-state index contributed by atoms with van der Waals surface area (Å²) in [5.41, 5.74) is 2.06. The van der Waals surface area contributed by atoms with E-state index in [1.165, 1.54) is 12.8 Å². The summed E-state index contributed by atoms with van der Waals surface area (Å²) in [5.74, 6) is 2.19. The number of benzene rings is 1. The van der Waals surface area contributed by atoms with Crippen molar-refractivity contribution in [3.63, 3.8) is 0 Å². The summed E-state index contributed by atoms with van der Waals surface area (Å²) in [6.07, 6.45) is 4.27. The van der Waals surface area contributed by atoms with Crippen LogP contribution in [0.1, 0.15) is 12.8 Å². The number of anilines is 2. The Morgan fingerprint density at radius 2 is 1.85 bits per heavy atom. The van der Waals surface area contributed by atoms with Gasteiger partial charge in [0.05, 0.1) is 20.5 Å². The van der Waals surface area contributed by atoms with E-state index in [4.69, 9.17) is 32.7 Å². The first-order valence-electron chi connectivity index (χ1n) is 8.16. The van der Waals surface area contributed by atoms with E-state index in [1.54, 1.807) is 32.7 Å². The fourth-order valence-corrected chi connectivity index (χ4v) is 3.22. The number of fused-ring (bicyclic) bond motifs is 1. The van der Waals surface area contributed by atoms with Gasteiger partial charge < -0.3 is 19.4 Å². The van der Waals surface area contributed by atoms with E-state index in [0.29, 0.717) is 45.1 Å². The van der Waals surface area contributed by atoms with Crippen molar-refractivity contribution in [1.29, 1.82) is 0 Å². The molecule has 1 N–H and O–H groups in total. The molecule has 9 heteroatoms. The molecule has 0 saturated heterocycles. The zero-order valence-electron chi connectivity index (χ0n) is 14.3. The SMILES string of the molecule is COc1cc(Nc2nc(Cl)nc3c2ncn3CC2CC2)cc(OC)c1Cl. The Morgan fingerprint density at radius 1 is 1.15 bits per heavy atom. The summed E-state index contributed by atoms with van der Waals surface area (Å²) >= 11 is 12.4. The zero-order valence-corrected chi connectivity index (χ0v) is 15.8. The molecule has 136 valence electrons. The highest BCUT2D eigenvalue weighted by atomic mass is 35.5. The molecule has 0 spiro atoms. The van der Waals surface area contributed by atoms with E-state index in [-0.39, 0.29) is 5.28 Å². The van der Waals surface area contributed by atoms with Gasteiger partial charge in [0.15, 0.2) is 17.0 Å². The quantitative estimate of drug-likeness (QED) is 0.629. The Kier molecular flexibility index (Phi) is 4.50. The predicted octanol–water partition coefficient (Wildman–Crippen LogP) is 4.30. The molecule has 26 heavy (non-hydrogen) atoms. The summed E-state index contributed by atoms with van der Waals surface area (Å²) in [5, 5.41) is 3.78. The first kappa shape index (κ1) is 17.2. The minimum atomic E-state index is 0.158. The molecule has 7 nitrogen and oxygen atoms in total. The predicted molar refractivity (Wildman–Crippen MR) is 101 cm³/mol. The number of methoxy groups -OCH3 is 2. The lowest BCUT2D eigenvalue weighted by Gasteiger charge is -2.13. The Balaban J connectivity index is 1.74. The maximum absolute atomic E-state index is 6.22. The van der Waals surface area contributed by atoms with Gasteiger partial charge in [0.25, 0.3) is 0 Å². The third-order valence-corrected chi connectivity index (χ3v) is 4.84. The normalized spacial score (nSPS) is 13.8. The van der Waals surface area contributed by atoms with E-state index in [1.807, 2.05) is 4.57 Å². The van der Waals surface area contributed by atoms with E-state index in [9.17, 15) is 0 Å². The van der Waals surface area contributed by atoms with Gasteiger partial charge in [-0.2, -0.15) is 9.97 Å². The fourth-order valence-electron chi connectivity index (χ4n) is 2.80. The lowest BCUT2D eigenvalue weighted by Crippen LogP contribution is -2.02. The number of imidazole rings is 1. The molecule has 0 amide bonds. The Bertz CT molecular complexity index is 946. The minimum Gasteiger partial charge on any atom is -0.495 e. The van der Waals surface area contributed by atoms with Crippen LogP contribution in [-0.2, 0) is 6.54 Å². The number of hydrogen-bond acceptors (Lipinski definition) is 6. The molecule has 2 heterocycles. The van der Waals surface area contributed by atoms with Crippen LogP contribution in [0.5, 0.6) is 11.5 Å². The van der Waals surface area contributed by atoms with Crippen molar-refractivity contribution in [2.24, 2.45) is 5.92 Å². The summed E-state index contributed by atoms with van der Waals surface area (Å²) in [7, 11) is 3.09. The largest absolute Gasteiger partial charge is 0.495 e. The van der Waals surface area contributed by atoms with Gasteiger partial charge in [-0.1, -0.05) is 11.6 Å². The van der Waals surface area contributed by atoms with Crippen molar-refractivity contribution < 1.29 is 9.47 Å². The Labute approximate surface area is 160 Å². The van der Waals surface area contributed by atoms with Crippen LogP contribution in [0.3, 0.4) is 0 Å². The van der Waals surface area contributed by atoms with Crippen LogP contribution in [0, 0.1) is 5.92 Å². The highest BCUT2D eigenvalue weighted by molar-refractivity contribution is 6.33. The molecule has 1 saturated carbocycles. The first-order valence-corrected chi connectivity index (χ1v) is 8.91. The number of rotatable bonds is 6. The molecule has 0 radical (unpaired) electrons. The van der Waals surface area contributed by atoms with Crippen molar-refractivity contribution in [2.75, 3.05) is 19.5 Å². The molecule has 0 unspecified atom stereocenters. The average molecular weight is 394 g/mol. The number of aromatic nitrogens is 4. The van der Waals surface area contributed by atoms with Gasteiger partial charge in [0.1, 0.15) is 16.5 Å². The van der Waals surface area contributed by atoms with E-state index in [0.717, 1.165) is 6.54 Å². The number of halogens is 2. The van der Waals surface area contributed by atoms with Crippen LogP contribution >= 0.6 is 23.2 Å². The number of nitrogens with one attached hydrogen (secondary N) is 1. The summed E-state index contributed by atoms with van der Waals surface area (Å²) < 4.78 is 12.6. The van der Waals surface area contributed by atoms with Crippen molar-refractivity contribution in [3.05, 3.63) is 28.8 Å². The molecule has 0 bridgehead atoms. The summed E-state index contributed by atoms with van der Waals surface area (Å²) in [6, 6.07) is 3.52. The molecular formula is C17H17Cl2N5O2. The van der Waals surface area contributed by atoms with Crippen LogP contribution in [0.15, 0.2) is 18.5 Å². The number of ether oxygens (including phenoxy) is 2. The minimum absolute atomic E-state index is 0.158. The standard InChI is InChI=1S/C17H17Cl2N5O2/c1-25-11-5-10(6-12(26-2)13(11)18)21-15-14-16(23-17(19)22-15)24(8-20-14)7-9-3-4-9/h5-6,8-9H,3-4,7H2,1-2H3,(H,21,22,23). The molecule has 1 aliphatic carbocycles. The van der Waals surface area contributed by atoms with Crippen molar-refractivity contribution in [1.82, 2.24) is 19.5 Å². The summed E-state index contributed by atoms with van der Waals surface area (Å²) in [6.45, 7) is 0.895. The van der Waals surface area contributed by atoms with E-state index < -0.39 is 0 Å². The van der Waals surface area contributed by atoms with Gasteiger partial charge in [-0.05, 0) is 30.4 Å². The maximum Gasteiger partial charge on any atom is 0.226 e. The maximum atomic E-state index is 6.22. The molecule has 1 aliphatic rings. The number of hydrogen-bond donors (Lipinski definition) is 1. The average Bonchev–Trinajstić information content (AvgIpc) is 3.36. The van der Waals surface area contributed by atoms with E-state index in [2.05, 4.69) is 20.3 Å². The van der Waals surface area contributed by atoms with Crippen LogP contribution in [0.2, 0.25) is 10.3 Å². The zero-order chi connectivity index (χ0) is 18.3. The third kappa shape index (κ3) is 3.24. The van der Waals surface area contributed by atoms with Gasteiger partial charge >= 0.3 is 0 Å². The van der Waals surface area contributed by atoms with Crippen LogP contribution < -0.4 is 14.8 Å².